The predicted molar refractivity (Wildman–Crippen MR) is 65.6 cm³/mol. The molecule has 0 aliphatic heterocycles. The molecule has 1 atom stereocenters. The number of hydrogen-bond acceptors (Lipinski definition) is 4. The standard InChI is InChI=1S/C13H16N2O2/c1-9-7-10(8-17-9)13(15-14)11-5-3-4-6-12(11)16-2/h3-8,13,15H,14H2,1-2H3. The number of ether oxygens (including phenoxy) is 1. The largest absolute Gasteiger partial charge is 0.496 e. The van der Waals surface area contributed by atoms with Gasteiger partial charge in [0.05, 0.1) is 19.4 Å². The molecule has 90 valence electrons. The number of furan rings is 1. The summed E-state index contributed by atoms with van der Waals surface area (Å²) in [4.78, 5) is 0. The molecule has 0 saturated heterocycles. The third-order valence-corrected chi connectivity index (χ3v) is 2.70. The summed E-state index contributed by atoms with van der Waals surface area (Å²) in [6, 6.07) is 9.59. The Balaban J connectivity index is 2.41. The van der Waals surface area contributed by atoms with Gasteiger partial charge in [-0.25, -0.2) is 5.43 Å². The fourth-order valence-electron chi connectivity index (χ4n) is 1.89. The monoisotopic (exact) mass is 232 g/mol. The number of benzene rings is 1. The van der Waals surface area contributed by atoms with Gasteiger partial charge >= 0.3 is 0 Å². The second kappa shape index (κ2) is 5.03. The zero-order valence-corrected chi connectivity index (χ0v) is 9.94. The average molecular weight is 232 g/mol. The molecule has 0 bridgehead atoms. The van der Waals surface area contributed by atoms with Crippen LogP contribution in [0, 0.1) is 6.92 Å². The molecular formula is C13H16N2O2. The Kier molecular flexibility index (Phi) is 3.46. The van der Waals surface area contributed by atoms with Crippen molar-refractivity contribution in [2.75, 3.05) is 7.11 Å². The molecule has 17 heavy (non-hydrogen) atoms. The number of methoxy groups -OCH3 is 1. The van der Waals surface area contributed by atoms with E-state index in [-0.39, 0.29) is 6.04 Å². The summed E-state index contributed by atoms with van der Waals surface area (Å²) in [5.41, 5.74) is 4.75. The topological polar surface area (TPSA) is 60.4 Å². The van der Waals surface area contributed by atoms with Crippen LogP contribution in [0.3, 0.4) is 0 Å². The number of rotatable bonds is 4. The minimum absolute atomic E-state index is 0.136. The van der Waals surface area contributed by atoms with E-state index in [4.69, 9.17) is 15.0 Å². The van der Waals surface area contributed by atoms with Gasteiger partial charge in [0.1, 0.15) is 11.5 Å². The van der Waals surface area contributed by atoms with Gasteiger partial charge in [0.25, 0.3) is 0 Å². The first-order valence-electron chi connectivity index (χ1n) is 5.40. The average Bonchev–Trinajstić information content (AvgIpc) is 2.77. The Morgan fingerprint density at radius 3 is 2.71 bits per heavy atom. The smallest absolute Gasteiger partial charge is 0.124 e. The molecule has 0 aliphatic carbocycles. The van der Waals surface area contributed by atoms with Crippen molar-refractivity contribution in [2.45, 2.75) is 13.0 Å². The van der Waals surface area contributed by atoms with Crippen LogP contribution >= 0.6 is 0 Å². The van der Waals surface area contributed by atoms with Crippen LogP contribution in [0.25, 0.3) is 0 Å². The third-order valence-electron chi connectivity index (χ3n) is 2.70. The molecule has 0 amide bonds. The minimum Gasteiger partial charge on any atom is -0.496 e. The Hall–Kier alpha value is -1.78. The predicted octanol–water partition coefficient (Wildman–Crippen LogP) is 2.15. The van der Waals surface area contributed by atoms with Gasteiger partial charge < -0.3 is 9.15 Å². The molecule has 3 N–H and O–H groups in total. The van der Waals surface area contributed by atoms with Crippen LogP contribution in [0.4, 0.5) is 0 Å². The summed E-state index contributed by atoms with van der Waals surface area (Å²) in [6.07, 6.45) is 1.70. The van der Waals surface area contributed by atoms with Gasteiger partial charge in [-0.3, -0.25) is 5.84 Å². The molecule has 0 aliphatic rings. The third kappa shape index (κ3) is 2.33. The highest BCUT2D eigenvalue weighted by molar-refractivity contribution is 5.41. The molecule has 0 saturated carbocycles. The number of aryl methyl sites for hydroxylation is 1. The highest BCUT2D eigenvalue weighted by Crippen LogP contribution is 2.30. The van der Waals surface area contributed by atoms with Gasteiger partial charge in [0, 0.05) is 11.1 Å². The number of nitrogens with one attached hydrogen (secondary N) is 1. The SMILES string of the molecule is COc1ccccc1C(NN)c1coc(C)c1. The van der Waals surface area contributed by atoms with Gasteiger partial charge in [-0.2, -0.15) is 0 Å². The Morgan fingerprint density at radius 1 is 1.35 bits per heavy atom. The van der Waals surface area contributed by atoms with Gasteiger partial charge in [-0.1, -0.05) is 18.2 Å². The van der Waals surface area contributed by atoms with Crippen molar-refractivity contribution in [1.82, 2.24) is 5.43 Å². The summed E-state index contributed by atoms with van der Waals surface area (Å²) in [6.45, 7) is 1.90. The van der Waals surface area contributed by atoms with Crippen molar-refractivity contribution in [3.8, 4) is 5.75 Å². The summed E-state index contributed by atoms with van der Waals surface area (Å²) in [5, 5.41) is 0. The van der Waals surface area contributed by atoms with E-state index in [2.05, 4.69) is 5.43 Å². The minimum atomic E-state index is -0.136. The van der Waals surface area contributed by atoms with Crippen LogP contribution in [0.15, 0.2) is 41.0 Å². The lowest BCUT2D eigenvalue weighted by atomic mass is 10.0. The molecule has 1 aromatic carbocycles. The maximum Gasteiger partial charge on any atom is 0.124 e. The highest BCUT2D eigenvalue weighted by atomic mass is 16.5. The molecule has 0 spiro atoms. The van der Waals surface area contributed by atoms with Crippen LogP contribution in [-0.2, 0) is 0 Å². The van der Waals surface area contributed by atoms with E-state index in [1.807, 2.05) is 37.3 Å². The first-order valence-corrected chi connectivity index (χ1v) is 5.40. The zero-order valence-electron chi connectivity index (χ0n) is 9.94. The Labute approximate surface area is 100 Å². The van der Waals surface area contributed by atoms with Crippen LogP contribution in [0.5, 0.6) is 5.75 Å². The van der Waals surface area contributed by atoms with Gasteiger partial charge in [0.15, 0.2) is 0 Å². The fourth-order valence-corrected chi connectivity index (χ4v) is 1.89. The summed E-state index contributed by atoms with van der Waals surface area (Å²) in [7, 11) is 1.65. The summed E-state index contributed by atoms with van der Waals surface area (Å²) >= 11 is 0. The van der Waals surface area contributed by atoms with Crippen LogP contribution in [0.1, 0.15) is 22.9 Å². The van der Waals surface area contributed by atoms with Gasteiger partial charge in [-0.05, 0) is 19.1 Å². The van der Waals surface area contributed by atoms with E-state index in [9.17, 15) is 0 Å². The first kappa shape index (κ1) is 11.7. The van der Waals surface area contributed by atoms with Gasteiger partial charge in [-0.15, -0.1) is 0 Å². The van der Waals surface area contributed by atoms with Crippen LogP contribution in [-0.4, -0.2) is 7.11 Å². The van der Waals surface area contributed by atoms with E-state index in [1.165, 1.54) is 0 Å². The Bertz CT molecular complexity index is 494. The molecule has 0 fully saturated rings. The zero-order chi connectivity index (χ0) is 12.3. The molecular weight excluding hydrogens is 216 g/mol. The molecule has 2 rings (SSSR count). The quantitative estimate of drug-likeness (QED) is 0.626. The van der Waals surface area contributed by atoms with Crippen LogP contribution < -0.4 is 16.0 Å². The number of hydrazine groups is 1. The number of para-hydroxylation sites is 1. The highest BCUT2D eigenvalue weighted by Gasteiger charge is 2.18. The lowest BCUT2D eigenvalue weighted by Crippen LogP contribution is -2.28. The lowest BCUT2D eigenvalue weighted by Gasteiger charge is -2.17. The van der Waals surface area contributed by atoms with E-state index in [0.29, 0.717) is 0 Å². The van der Waals surface area contributed by atoms with E-state index in [0.717, 1.165) is 22.6 Å². The first-order chi connectivity index (χ1) is 8.26. The molecule has 2 aromatic rings. The van der Waals surface area contributed by atoms with E-state index >= 15 is 0 Å². The van der Waals surface area contributed by atoms with Crippen molar-refractivity contribution < 1.29 is 9.15 Å². The van der Waals surface area contributed by atoms with Crippen LogP contribution in [0.2, 0.25) is 0 Å². The van der Waals surface area contributed by atoms with Gasteiger partial charge in [0.2, 0.25) is 0 Å². The molecule has 1 unspecified atom stereocenters. The molecule has 4 heteroatoms. The summed E-state index contributed by atoms with van der Waals surface area (Å²) in [5.74, 6) is 7.28. The van der Waals surface area contributed by atoms with Crippen molar-refractivity contribution in [2.24, 2.45) is 5.84 Å². The van der Waals surface area contributed by atoms with Crippen molar-refractivity contribution in [3.05, 3.63) is 53.5 Å². The lowest BCUT2D eigenvalue weighted by molar-refractivity contribution is 0.404. The molecule has 1 heterocycles. The van der Waals surface area contributed by atoms with Crippen molar-refractivity contribution >= 4 is 0 Å². The van der Waals surface area contributed by atoms with E-state index < -0.39 is 0 Å². The van der Waals surface area contributed by atoms with Crippen molar-refractivity contribution in [3.63, 3.8) is 0 Å². The maximum atomic E-state index is 5.62. The molecule has 0 radical (unpaired) electrons. The molecule has 1 aromatic heterocycles. The number of hydrogen-bond donors (Lipinski definition) is 2. The van der Waals surface area contributed by atoms with Crippen molar-refractivity contribution in [1.29, 1.82) is 0 Å². The summed E-state index contributed by atoms with van der Waals surface area (Å²) < 4.78 is 10.6. The second-order valence-corrected chi connectivity index (χ2v) is 3.83. The maximum absolute atomic E-state index is 5.62. The van der Waals surface area contributed by atoms with E-state index in [1.54, 1.807) is 13.4 Å². The normalized spacial score (nSPS) is 12.4. The molecule has 4 nitrogen and oxygen atoms in total. The fraction of sp³-hybridized carbons (Fsp3) is 0.231. The second-order valence-electron chi connectivity index (χ2n) is 3.83. The Morgan fingerprint density at radius 2 is 2.12 bits per heavy atom. The number of nitrogens with two attached hydrogens (primary N) is 1.